The van der Waals surface area contributed by atoms with Crippen molar-refractivity contribution >= 4 is 32.5 Å². The largest absolute Gasteiger partial charge is 0.467 e. The molecular formula is C24H25NO5S. The molecule has 0 heterocycles. The minimum atomic E-state index is -3.30. The lowest BCUT2D eigenvalue weighted by Crippen LogP contribution is -2.42. The number of fused-ring (bicyclic) bond motifs is 1. The molecule has 0 aliphatic rings. The Bertz CT molecular complexity index is 1230. The van der Waals surface area contributed by atoms with Crippen molar-refractivity contribution in [2.24, 2.45) is 0 Å². The van der Waals surface area contributed by atoms with Crippen LogP contribution in [0.4, 0.5) is 0 Å². The molecule has 0 saturated heterocycles. The molecule has 7 heteroatoms. The van der Waals surface area contributed by atoms with E-state index in [0.29, 0.717) is 5.56 Å². The van der Waals surface area contributed by atoms with Gasteiger partial charge in [0.05, 0.1) is 12.9 Å². The van der Waals surface area contributed by atoms with Gasteiger partial charge in [0.2, 0.25) is 0 Å². The Balaban J connectivity index is 2.01. The molecule has 6 nitrogen and oxygen atoms in total. The number of hydrogen-bond acceptors (Lipinski definition) is 5. The van der Waals surface area contributed by atoms with Gasteiger partial charge in [-0.1, -0.05) is 60.2 Å². The van der Waals surface area contributed by atoms with Gasteiger partial charge < -0.3 is 10.1 Å². The lowest BCUT2D eigenvalue weighted by atomic mass is 9.93. The number of carbonyl (C=O) groups excluding carboxylic acids is 2. The molecule has 1 amide bonds. The summed E-state index contributed by atoms with van der Waals surface area (Å²) in [6, 6.07) is 18.2. The van der Waals surface area contributed by atoms with E-state index in [1.165, 1.54) is 7.11 Å². The second-order valence-electron chi connectivity index (χ2n) is 7.54. The van der Waals surface area contributed by atoms with E-state index in [-0.39, 0.29) is 12.2 Å². The fourth-order valence-electron chi connectivity index (χ4n) is 3.50. The van der Waals surface area contributed by atoms with Crippen LogP contribution in [-0.4, -0.2) is 45.5 Å². The van der Waals surface area contributed by atoms with E-state index in [1.807, 2.05) is 61.5 Å². The van der Waals surface area contributed by atoms with Gasteiger partial charge in [-0.15, -0.1) is 0 Å². The van der Waals surface area contributed by atoms with Gasteiger partial charge >= 0.3 is 5.97 Å². The Morgan fingerprint density at radius 1 is 1.00 bits per heavy atom. The van der Waals surface area contributed by atoms with Crippen LogP contribution in [0.15, 0.2) is 60.7 Å². The SMILES string of the molecule is COC(=O)[C@H](CCS(C)(=O)=O)NC(=O)c1ccc(C)cc1-c1cccc2ccccc12. The van der Waals surface area contributed by atoms with Crippen LogP contribution < -0.4 is 5.32 Å². The Hall–Kier alpha value is -3.19. The molecule has 31 heavy (non-hydrogen) atoms. The summed E-state index contributed by atoms with van der Waals surface area (Å²) in [6.45, 7) is 1.94. The van der Waals surface area contributed by atoms with E-state index in [4.69, 9.17) is 4.74 Å². The Labute approximate surface area is 182 Å². The van der Waals surface area contributed by atoms with Gasteiger partial charge in [0, 0.05) is 11.8 Å². The number of aryl methyl sites for hydroxylation is 1. The maximum atomic E-state index is 13.2. The summed E-state index contributed by atoms with van der Waals surface area (Å²) in [5.41, 5.74) is 3.02. The van der Waals surface area contributed by atoms with Crippen molar-refractivity contribution in [2.45, 2.75) is 19.4 Å². The van der Waals surface area contributed by atoms with Gasteiger partial charge in [0.15, 0.2) is 0 Å². The molecule has 0 aromatic heterocycles. The summed E-state index contributed by atoms with van der Waals surface area (Å²) in [4.78, 5) is 25.3. The standard InChI is InChI=1S/C24H25NO5S/c1-16-11-12-20(23(26)25-22(24(27)30-2)13-14-31(3,28)29)21(15-16)19-10-6-8-17-7-4-5-9-18(17)19/h4-12,15,22H,13-14H2,1-3H3,(H,25,26)/t22-/m0/s1. The van der Waals surface area contributed by atoms with Crippen LogP contribution in [0.25, 0.3) is 21.9 Å². The van der Waals surface area contributed by atoms with Crippen molar-refractivity contribution in [3.8, 4) is 11.1 Å². The first-order chi connectivity index (χ1) is 14.7. The molecule has 3 rings (SSSR count). The van der Waals surface area contributed by atoms with E-state index < -0.39 is 27.8 Å². The molecule has 0 unspecified atom stereocenters. The van der Waals surface area contributed by atoms with E-state index >= 15 is 0 Å². The second kappa shape index (κ2) is 9.31. The normalized spacial score (nSPS) is 12.4. The van der Waals surface area contributed by atoms with Gasteiger partial charge in [-0.3, -0.25) is 4.79 Å². The molecule has 0 fully saturated rings. The number of ether oxygens (including phenoxy) is 1. The lowest BCUT2D eigenvalue weighted by Gasteiger charge is -2.18. The van der Waals surface area contributed by atoms with Crippen LogP contribution in [0.5, 0.6) is 0 Å². The van der Waals surface area contributed by atoms with Crippen molar-refractivity contribution in [2.75, 3.05) is 19.1 Å². The monoisotopic (exact) mass is 439 g/mol. The van der Waals surface area contributed by atoms with Crippen molar-refractivity contribution in [1.82, 2.24) is 5.32 Å². The molecular weight excluding hydrogens is 414 g/mol. The molecule has 0 bridgehead atoms. The summed E-state index contributed by atoms with van der Waals surface area (Å²) in [7, 11) is -2.10. The highest BCUT2D eigenvalue weighted by Gasteiger charge is 2.25. The van der Waals surface area contributed by atoms with Crippen LogP contribution in [0.1, 0.15) is 22.3 Å². The number of carbonyl (C=O) groups is 2. The van der Waals surface area contributed by atoms with Crippen molar-refractivity contribution in [3.05, 3.63) is 71.8 Å². The first-order valence-electron chi connectivity index (χ1n) is 9.85. The topological polar surface area (TPSA) is 89.5 Å². The average Bonchev–Trinajstić information content (AvgIpc) is 2.74. The zero-order valence-corrected chi connectivity index (χ0v) is 18.5. The first kappa shape index (κ1) is 22.5. The van der Waals surface area contributed by atoms with E-state index in [0.717, 1.165) is 33.7 Å². The number of sulfone groups is 1. The van der Waals surface area contributed by atoms with Crippen LogP contribution >= 0.6 is 0 Å². The van der Waals surface area contributed by atoms with Gasteiger partial charge in [-0.2, -0.15) is 0 Å². The Morgan fingerprint density at radius 3 is 2.42 bits per heavy atom. The molecule has 0 saturated carbocycles. The maximum absolute atomic E-state index is 13.2. The van der Waals surface area contributed by atoms with Crippen molar-refractivity contribution < 1.29 is 22.7 Å². The Morgan fingerprint density at radius 2 is 1.71 bits per heavy atom. The van der Waals surface area contributed by atoms with Gasteiger partial charge in [-0.05, 0) is 41.3 Å². The fraction of sp³-hybridized carbons (Fsp3) is 0.250. The molecule has 0 spiro atoms. The van der Waals surface area contributed by atoms with Crippen molar-refractivity contribution in [3.63, 3.8) is 0 Å². The third-order valence-electron chi connectivity index (χ3n) is 5.07. The molecule has 3 aromatic rings. The van der Waals surface area contributed by atoms with E-state index in [2.05, 4.69) is 5.32 Å². The highest BCUT2D eigenvalue weighted by atomic mass is 32.2. The highest BCUT2D eigenvalue weighted by Crippen LogP contribution is 2.32. The van der Waals surface area contributed by atoms with Gasteiger partial charge in [0.25, 0.3) is 5.91 Å². The van der Waals surface area contributed by atoms with E-state index in [9.17, 15) is 18.0 Å². The summed E-state index contributed by atoms with van der Waals surface area (Å²) in [5, 5.41) is 4.71. The predicted molar refractivity (Wildman–Crippen MR) is 122 cm³/mol. The number of rotatable bonds is 7. The average molecular weight is 440 g/mol. The summed E-state index contributed by atoms with van der Waals surface area (Å²) < 4.78 is 27.8. The Kier molecular flexibility index (Phi) is 6.75. The number of benzene rings is 3. The number of hydrogen-bond donors (Lipinski definition) is 1. The minimum Gasteiger partial charge on any atom is -0.467 e. The van der Waals surface area contributed by atoms with Crippen LogP contribution in [0.3, 0.4) is 0 Å². The van der Waals surface area contributed by atoms with Crippen LogP contribution in [0, 0.1) is 6.92 Å². The quantitative estimate of drug-likeness (QED) is 0.569. The summed E-state index contributed by atoms with van der Waals surface area (Å²) >= 11 is 0. The number of nitrogens with one attached hydrogen (secondary N) is 1. The van der Waals surface area contributed by atoms with E-state index in [1.54, 1.807) is 6.07 Å². The van der Waals surface area contributed by atoms with Gasteiger partial charge in [-0.25, -0.2) is 13.2 Å². The second-order valence-corrected chi connectivity index (χ2v) is 9.80. The summed E-state index contributed by atoms with van der Waals surface area (Å²) in [6.07, 6.45) is 1.02. The third-order valence-corrected chi connectivity index (χ3v) is 6.05. The molecule has 0 aliphatic carbocycles. The molecule has 0 radical (unpaired) electrons. The van der Waals surface area contributed by atoms with Crippen molar-refractivity contribution in [1.29, 1.82) is 0 Å². The smallest absolute Gasteiger partial charge is 0.328 e. The van der Waals surface area contributed by atoms with Crippen LogP contribution in [0.2, 0.25) is 0 Å². The first-order valence-corrected chi connectivity index (χ1v) is 11.9. The zero-order chi connectivity index (χ0) is 22.6. The maximum Gasteiger partial charge on any atom is 0.328 e. The lowest BCUT2D eigenvalue weighted by molar-refractivity contribution is -0.142. The number of esters is 1. The predicted octanol–water partition coefficient (Wildman–Crippen LogP) is 3.52. The summed E-state index contributed by atoms with van der Waals surface area (Å²) in [5.74, 6) is -1.39. The molecule has 3 aromatic carbocycles. The molecule has 0 aliphatic heterocycles. The fourth-order valence-corrected chi connectivity index (χ4v) is 4.16. The molecule has 1 atom stereocenters. The minimum absolute atomic E-state index is 0.0628. The molecule has 1 N–H and O–H groups in total. The third kappa shape index (κ3) is 5.49. The van der Waals surface area contributed by atoms with Crippen LogP contribution in [-0.2, 0) is 19.4 Å². The zero-order valence-electron chi connectivity index (χ0n) is 17.7. The van der Waals surface area contributed by atoms with Gasteiger partial charge in [0.1, 0.15) is 15.9 Å². The molecule has 162 valence electrons. The highest BCUT2D eigenvalue weighted by molar-refractivity contribution is 7.90. The number of amides is 1. The number of methoxy groups -OCH3 is 1.